The van der Waals surface area contributed by atoms with E-state index in [9.17, 15) is 14.4 Å². The van der Waals surface area contributed by atoms with E-state index in [1.807, 2.05) is 55.5 Å². The molecule has 0 saturated heterocycles. The molecule has 0 saturated carbocycles. The standard InChI is InChI=1S/C26H32N2O6/c1-4-33-16-26(2,3)28-24(31)22(13-14-23(29)30)27-25(32)34-15-21-19-11-7-5-9-17(19)18-10-6-8-12-20(18)21/h5-12,21-22H,4,13-16H2,1-3H3,(H,27,32)(H,28,31)(H,29,30). The molecule has 3 rings (SSSR count). The Labute approximate surface area is 199 Å². The van der Waals surface area contributed by atoms with Gasteiger partial charge in [-0.15, -0.1) is 0 Å². The van der Waals surface area contributed by atoms with Crippen LogP contribution in [0.3, 0.4) is 0 Å². The largest absolute Gasteiger partial charge is 0.481 e. The molecule has 182 valence electrons. The van der Waals surface area contributed by atoms with Crippen molar-refractivity contribution in [3.8, 4) is 11.1 Å². The third-order valence-electron chi connectivity index (χ3n) is 5.73. The van der Waals surface area contributed by atoms with E-state index in [2.05, 4.69) is 10.6 Å². The minimum atomic E-state index is -1.05. The van der Waals surface area contributed by atoms with Gasteiger partial charge in [-0.3, -0.25) is 9.59 Å². The molecular formula is C26H32N2O6. The van der Waals surface area contributed by atoms with Gasteiger partial charge in [-0.1, -0.05) is 48.5 Å². The number of ether oxygens (including phenoxy) is 2. The predicted octanol–water partition coefficient (Wildman–Crippen LogP) is 3.69. The van der Waals surface area contributed by atoms with E-state index in [4.69, 9.17) is 14.6 Å². The van der Waals surface area contributed by atoms with Crippen molar-refractivity contribution >= 4 is 18.0 Å². The highest BCUT2D eigenvalue weighted by atomic mass is 16.5. The van der Waals surface area contributed by atoms with Gasteiger partial charge in [0.25, 0.3) is 0 Å². The molecule has 8 heteroatoms. The molecule has 0 radical (unpaired) electrons. The number of amides is 2. The lowest BCUT2D eigenvalue weighted by Gasteiger charge is -2.28. The first kappa shape index (κ1) is 25.2. The van der Waals surface area contributed by atoms with Gasteiger partial charge < -0.3 is 25.2 Å². The number of hydrogen-bond acceptors (Lipinski definition) is 5. The van der Waals surface area contributed by atoms with Crippen LogP contribution in [-0.2, 0) is 19.1 Å². The quantitative estimate of drug-likeness (QED) is 0.464. The van der Waals surface area contributed by atoms with Gasteiger partial charge in [-0.2, -0.15) is 0 Å². The van der Waals surface area contributed by atoms with Crippen LogP contribution in [0.4, 0.5) is 4.79 Å². The minimum absolute atomic E-state index is 0.0594. The van der Waals surface area contributed by atoms with Crippen LogP contribution in [0.2, 0.25) is 0 Å². The van der Waals surface area contributed by atoms with E-state index in [1.165, 1.54) is 0 Å². The van der Waals surface area contributed by atoms with Crippen molar-refractivity contribution in [3.05, 3.63) is 59.7 Å². The zero-order valence-electron chi connectivity index (χ0n) is 19.8. The summed E-state index contributed by atoms with van der Waals surface area (Å²) in [5.74, 6) is -1.66. The van der Waals surface area contributed by atoms with Crippen molar-refractivity contribution in [2.75, 3.05) is 19.8 Å². The summed E-state index contributed by atoms with van der Waals surface area (Å²) in [6.07, 6.45) is -1.10. The first-order chi connectivity index (χ1) is 16.2. The summed E-state index contributed by atoms with van der Waals surface area (Å²) in [6, 6.07) is 14.9. The van der Waals surface area contributed by atoms with E-state index in [0.29, 0.717) is 6.61 Å². The molecular weight excluding hydrogens is 436 g/mol. The zero-order valence-corrected chi connectivity index (χ0v) is 19.8. The Balaban J connectivity index is 1.65. The monoisotopic (exact) mass is 468 g/mol. The Morgan fingerprint density at radius 1 is 1.03 bits per heavy atom. The van der Waals surface area contributed by atoms with E-state index < -0.39 is 29.6 Å². The molecule has 8 nitrogen and oxygen atoms in total. The number of carboxylic acid groups (broad SMARTS) is 1. The number of carboxylic acids is 1. The molecule has 2 aromatic carbocycles. The number of aliphatic carboxylic acids is 1. The summed E-state index contributed by atoms with van der Waals surface area (Å²) in [5.41, 5.74) is 3.70. The van der Waals surface area contributed by atoms with E-state index in [1.54, 1.807) is 13.8 Å². The second-order valence-corrected chi connectivity index (χ2v) is 8.97. The van der Waals surface area contributed by atoms with Crippen molar-refractivity contribution in [2.45, 2.75) is 51.1 Å². The van der Waals surface area contributed by atoms with Gasteiger partial charge in [0, 0.05) is 18.9 Å². The molecule has 1 aliphatic rings. The Hall–Kier alpha value is -3.39. The first-order valence-electron chi connectivity index (χ1n) is 11.4. The fraction of sp³-hybridized carbons (Fsp3) is 0.423. The first-order valence-corrected chi connectivity index (χ1v) is 11.4. The molecule has 3 N–H and O–H groups in total. The lowest BCUT2D eigenvalue weighted by molar-refractivity contribution is -0.137. The number of nitrogens with one attached hydrogen (secondary N) is 2. The van der Waals surface area contributed by atoms with Crippen molar-refractivity contribution < 1.29 is 29.0 Å². The molecule has 1 unspecified atom stereocenters. The van der Waals surface area contributed by atoms with Crippen LogP contribution in [0.1, 0.15) is 50.7 Å². The fourth-order valence-electron chi connectivity index (χ4n) is 4.13. The second-order valence-electron chi connectivity index (χ2n) is 8.97. The average molecular weight is 469 g/mol. The van der Waals surface area contributed by atoms with Crippen LogP contribution < -0.4 is 10.6 Å². The normalized spacial score (nSPS) is 13.5. The molecule has 2 amide bonds. The second kappa shape index (κ2) is 11.2. The molecule has 0 bridgehead atoms. The number of fused-ring (bicyclic) bond motifs is 3. The molecule has 0 fully saturated rings. The van der Waals surface area contributed by atoms with Crippen LogP contribution >= 0.6 is 0 Å². The summed E-state index contributed by atoms with van der Waals surface area (Å²) in [7, 11) is 0. The van der Waals surface area contributed by atoms with Crippen LogP contribution in [-0.4, -0.2) is 54.5 Å². The molecule has 2 aromatic rings. The maximum Gasteiger partial charge on any atom is 0.407 e. The van der Waals surface area contributed by atoms with Gasteiger partial charge in [-0.05, 0) is 49.4 Å². The summed E-state index contributed by atoms with van der Waals surface area (Å²) in [4.78, 5) is 36.5. The van der Waals surface area contributed by atoms with Crippen molar-refractivity contribution in [1.82, 2.24) is 10.6 Å². The number of carbonyl (C=O) groups is 3. The van der Waals surface area contributed by atoms with Crippen LogP contribution in [0, 0.1) is 0 Å². The average Bonchev–Trinajstić information content (AvgIpc) is 3.12. The highest BCUT2D eigenvalue weighted by Gasteiger charge is 2.31. The molecule has 0 aromatic heterocycles. The number of hydrogen-bond donors (Lipinski definition) is 3. The topological polar surface area (TPSA) is 114 Å². The van der Waals surface area contributed by atoms with Gasteiger partial charge >= 0.3 is 12.1 Å². The van der Waals surface area contributed by atoms with Crippen molar-refractivity contribution in [3.63, 3.8) is 0 Å². The van der Waals surface area contributed by atoms with Crippen LogP contribution in [0.15, 0.2) is 48.5 Å². The summed E-state index contributed by atoms with van der Waals surface area (Å²) in [6.45, 7) is 6.32. The Morgan fingerprint density at radius 3 is 2.18 bits per heavy atom. The van der Waals surface area contributed by atoms with Gasteiger partial charge in [0.2, 0.25) is 5.91 Å². The highest BCUT2D eigenvalue weighted by Crippen LogP contribution is 2.44. The molecule has 0 heterocycles. The van der Waals surface area contributed by atoms with Crippen LogP contribution in [0.25, 0.3) is 11.1 Å². The molecule has 34 heavy (non-hydrogen) atoms. The lowest BCUT2D eigenvalue weighted by Crippen LogP contribution is -2.55. The number of rotatable bonds is 11. The van der Waals surface area contributed by atoms with Gasteiger partial charge in [0.15, 0.2) is 0 Å². The molecule has 0 spiro atoms. The summed E-state index contributed by atoms with van der Waals surface area (Å²) in [5, 5.41) is 14.4. The predicted molar refractivity (Wildman–Crippen MR) is 128 cm³/mol. The Bertz CT molecular complexity index is 990. The molecule has 1 aliphatic carbocycles. The lowest BCUT2D eigenvalue weighted by atomic mass is 9.98. The van der Waals surface area contributed by atoms with Crippen molar-refractivity contribution in [1.29, 1.82) is 0 Å². The Kier molecular flexibility index (Phi) is 8.28. The number of carbonyl (C=O) groups excluding carboxylic acids is 2. The fourth-order valence-corrected chi connectivity index (χ4v) is 4.13. The number of alkyl carbamates (subject to hydrolysis) is 1. The van der Waals surface area contributed by atoms with E-state index in [-0.39, 0.29) is 32.0 Å². The molecule has 1 atom stereocenters. The molecule has 0 aliphatic heterocycles. The van der Waals surface area contributed by atoms with Crippen LogP contribution in [0.5, 0.6) is 0 Å². The van der Waals surface area contributed by atoms with E-state index >= 15 is 0 Å². The third kappa shape index (κ3) is 6.35. The van der Waals surface area contributed by atoms with Gasteiger partial charge in [-0.25, -0.2) is 4.79 Å². The maximum absolute atomic E-state index is 12.8. The smallest absolute Gasteiger partial charge is 0.407 e. The van der Waals surface area contributed by atoms with Crippen molar-refractivity contribution in [2.24, 2.45) is 0 Å². The highest BCUT2D eigenvalue weighted by molar-refractivity contribution is 5.86. The zero-order chi connectivity index (χ0) is 24.7. The minimum Gasteiger partial charge on any atom is -0.481 e. The van der Waals surface area contributed by atoms with Gasteiger partial charge in [0.05, 0.1) is 12.1 Å². The summed E-state index contributed by atoms with van der Waals surface area (Å²) < 4.78 is 10.9. The summed E-state index contributed by atoms with van der Waals surface area (Å²) >= 11 is 0. The maximum atomic E-state index is 12.8. The number of benzene rings is 2. The SMILES string of the molecule is CCOCC(C)(C)NC(=O)C(CCC(=O)O)NC(=O)OCC1c2ccccc2-c2ccccc21. The van der Waals surface area contributed by atoms with Gasteiger partial charge in [0.1, 0.15) is 12.6 Å². The third-order valence-corrected chi connectivity index (χ3v) is 5.73. The Morgan fingerprint density at radius 2 is 1.62 bits per heavy atom. The van der Waals surface area contributed by atoms with E-state index in [0.717, 1.165) is 22.3 Å².